The SMILES string of the molecule is Cc1c(C)c(C)c(C(c2c(C)c(C)c(C)c(C)c2C)(C(F)(F)F)C(F)(F)F)c(C)c1C. The van der Waals surface area contributed by atoms with E-state index < -0.39 is 28.9 Å². The molecule has 6 heteroatoms. The molecule has 0 unspecified atom stereocenters. The molecule has 0 atom stereocenters. The molecule has 0 amide bonds. The van der Waals surface area contributed by atoms with Gasteiger partial charge in [0.2, 0.25) is 5.41 Å². The van der Waals surface area contributed by atoms with Gasteiger partial charge in [0.1, 0.15) is 0 Å². The summed E-state index contributed by atoms with van der Waals surface area (Å²) >= 11 is 0. The highest BCUT2D eigenvalue weighted by Crippen LogP contribution is 2.60. The van der Waals surface area contributed by atoms with Crippen molar-refractivity contribution in [1.29, 1.82) is 0 Å². The topological polar surface area (TPSA) is 0 Å². The van der Waals surface area contributed by atoms with Crippen LogP contribution in [0.25, 0.3) is 0 Å². The largest absolute Gasteiger partial charge is 0.411 e. The normalized spacial score (nSPS) is 13.2. The molecule has 2 rings (SSSR count). The lowest BCUT2D eigenvalue weighted by Crippen LogP contribution is -2.56. The van der Waals surface area contributed by atoms with Gasteiger partial charge in [-0.15, -0.1) is 0 Å². The zero-order valence-corrected chi connectivity index (χ0v) is 19.8. The van der Waals surface area contributed by atoms with E-state index >= 15 is 0 Å². The highest BCUT2D eigenvalue weighted by atomic mass is 19.4. The van der Waals surface area contributed by atoms with Gasteiger partial charge in [0.25, 0.3) is 0 Å². The third-order valence-corrected chi connectivity index (χ3v) is 7.60. The molecule has 172 valence electrons. The second kappa shape index (κ2) is 7.56. The van der Waals surface area contributed by atoms with E-state index in [0.29, 0.717) is 33.4 Å². The lowest BCUT2D eigenvalue weighted by molar-refractivity contribution is -0.289. The minimum Gasteiger partial charge on any atom is -0.169 e. The number of hydrogen-bond acceptors (Lipinski definition) is 0. The maximum Gasteiger partial charge on any atom is 0.411 e. The van der Waals surface area contributed by atoms with Crippen LogP contribution < -0.4 is 0 Å². The van der Waals surface area contributed by atoms with Gasteiger partial charge in [-0.05, 0) is 136 Å². The van der Waals surface area contributed by atoms with Crippen molar-refractivity contribution in [1.82, 2.24) is 0 Å². The van der Waals surface area contributed by atoms with E-state index in [0.717, 1.165) is 0 Å². The van der Waals surface area contributed by atoms with Crippen molar-refractivity contribution in [3.63, 3.8) is 0 Å². The Morgan fingerprint density at radius 3 is 0.645 bits per heavy atom. The molecule has 0 bridgehead atoms. The van der Waals surface area contributed by atoms with Gasteiger partial charge in [0.15, 0.2) is 0 Å². The summed E-state index contributed by atoms with van der Waals surface area (Å²) in [6.45, 7) is 15.3. The molecule has 0 saturated heterocycles. The first-order valence-corrected chi connectivity index (χ1v) is 10.1. The van der Waals surface area contributed by atoms with Gasteiger partial charge in [-0.1, -0.05) is 0 Å². The second-order valence-corrected chi connectivity index (χ2v) is 8.75. The molecule has 0 saturated carbocycles. The fourth-order valence-electron chi connectivity index (χ4n) is 4.98. The van der Waals surface area contributed by atoms with E-state index in [-0.39, 0.29) is 22.3 Å². The third-order valence-electron chi connectivity index (χ3n) is 7.60. The van der Waals surface area contributed by atoms with E-state index in [1.807, 2.05) is 0 Å². The summed E-state index contributed by atoms with van der Waals surface area (Å²) in [5.41, 5.74) is -2.16. The maximum atomic E-state index is 15.0. The summed E-state index contributed by atoms with van der Waals surface area (Å²) in [6.07, 6.45) is -11.2. The molecule has 0 N–H and O–H groups in total. The summed E-state index contributed by atoms with van der Waals surface area (Å²) < 4.78 is 89.8. The first-order chi connectivity index (χ1) is 13.9. The Bertz CT molecular complexity index is 908. The zero-order valence-electron chi connectivity index (χ0n) is 19.8. The van der Waals surface area contributed by atoms with E-state index in [2.05, 4.69) is 0 Å². The Balaban J connectivity index is 3.41. The van der Waals surface area contributed by atoms with E-state index in [1.165, 1.54) is 27.7 Å². The summed E-state index contributed by atoms with van der Waals surface area (Å²) in [6, 6.07) is 0. The van der Waals surface area contributed by atoms with Crippen molar-refractivity contribution in [3.8, 4) is 0 Å². The predicted octanol–water partition coefficient (Wildman–Crippen LogP) is 8.18. The Kier molecular flexibility index (Phi) is 6.17. The number of rotatable bonds is 2. The molecule has 0 spiro atoms. The van der Waals surface area contributed by atoms with Gasteiger partial charge in [0.05, 0.1) is 0 Å². The van der Waals surface area contributed by atoms with E-state index in [4.69, 9.17) is 0 Å². The molecule has 0 aromatic heterocycles. The molecule has 0 heterocycles. The number of benzene rings is 2. The number of alkyl halides is 6. The Hall–Kier alpha value is -1.98. The van der Waals surface area contributed by atoms with Crippen LogP contribution in [0.2, 0.25) is 0 Å². The summed E-state index contributed by atoms with van der Waals surface area (Å²) in [5, 5.41) is 0. The van der Waals surface area contributed by atoms with E-state index in [1.54, 1.807) is 41.5 Å². The number of hydrogen-bond donors (Lipinski definition) is 0. The van der Waals surface area contributed by atoms with Gasteiger partial charge < -0.3 is 0 Å². The van der Waals surface area contributed by atoms with Gasteiger partial charge in [-0.25, -0.2) is 0 Å². The minimum atomic E-state index is -5.60. The molecular formula is C25H30F6. The van der Waals surface area contributed by atoms with Gasteiger partial charge in [-0.2, -0.15) is 26.3 Å². The van der Waals surface area contributed by atoms with Crippen LogP contribution in [0, 0.1) is 69.2 Å². The molecule has 0 radical (unpaired) electrons. The maximum absolute atomic E-state index is 15.0. The monoisotopic (exact) mass is 444 g/mol. The fraction of sp³-hybridized carbons (Fsp3) is 0.520. The average Bonchev–Trinajstić information content (AvgIpc) is 2.64. The molecule has 2 aromatic carbocycles. The van der Waals surface area contributed by atoms with Crippen LogP contribution >= 0.6 is 0 Å². The Morgan fingerprint density at radius 1 is 0.323 bits per heavy atom. The first kappa shape index (κ1) is 25.3. The van der Waals surface area contributed by atoms with Crippen molar-refractivity contribution >= 4 is 0 Å². The van der Waals surface area contributed by atoms with Crippen LogP contribution in [0.3, 0.4) is 0 Å². The van der Waals surface area contributed by atoms with Crippen LogP contribution in [-0.2, 0) is 5.41 Å². The molecule has 0 nitrogen and oxygen atoms in total. The molecule has 0 aliphatic heterocycles. The summed E-state index contributed by atoms with van der Waals surface area (Å²) in [5.74, 6) is 0. The van der Waals surface area contributed by atoms with E-state index in [9.17, 15) is 26.3 Å². The van der Waals surface area contributed by atoms with Crippen LogP contribution in [0.4, 0.5) is 26.3 Å². The smallest absolute Gasteiger partial charge is 0.169 e. The zero-order chi connectivity index (χ0) is 24.4. The lowest BCUT2D eigenvalue weighted by atomic mass is 9.64. The molecule has 0 fully saturated rings. The minimum absolute atomic E-state index is 0.0323. The fourth-order valence-corrected chi connectivity index (χ4v) is 4.98. The first-order valence-electron chi connectivity index (χ1n) is 10.1. The molecule has 31 heavy (non-hydrogen) atoms. The highest BCUT2D eigenvalue weighted by molar-refractivity contribution is 5.63. The van der Waals surface area contributed by atoms with Crippen molar-refractivity contribution < 1.29 is 26.3 Å². The van der Waals surface area contributed by atoms with Crippen molar-refractivity contribution in [2.75, 3.05) is 0 Å². The molecule has 0 aliphatic carbocycles. The highest BCUT2D eigenvalue weighted by Gasteiger charge is 2.74. The molecule has 2 aromatic rings. The van der Waals surface area contributed by atoms with Crippen molar-refractivity contribution in [2.24, 2.45) is 0 Å². The quantitative estimate of drug-likeness (QED) is 0.410. The van der Waals surface area contributed by atoms with Gasteiger partial charge in [-0.3, -0.25) is 0 Å². The average molecular weight is 445 g/mol. The van der Waals surface area contributed by atoms with Crippen LogP contribution in [0.1, 0.15) is 66.8 Å². The van der Waals surface area contributed by atoms with Gasteiger partial charge >= 0.3 is 12.4 Å². The van der Waals surface area contributed by atoms with Crippen LogP contribution in [0.15, 0.2) is 0 Å². The molecular weight excluding hydrogens is 414 g/mol. The number of halogens is 6. The van der Waals surface area contributed by atoms with Crippen LogP contribution in [-0.4, -0.2) is 12.4 Å². The molecule has 0 aliphatic rings. The third kappa shape index (κ3) is 3.28. The van der Waals surface area contributed by atoms with Crippen LogP contribution in [0.5, 0.6) is 0 Å². The predicted molar refractivity (Wildman–Crippen MR) is 113 cm³/mol. The standard InChI is InChI=1S/C25H30F6/c1-11-13(3)17(7)21(18(8)14(11)4)23(24(26,27)28,25(29,30)31)22-19(9)15(5)12(2)16(6)20(22)10/h1-10H3. The van der Waals surface area contributed by atoms with Crippen molar-refractivity contribution in [2.45, 2.75) is 87.0 Å². The van der Waals surface area contributed by atoms with Crippen molar-refractivity contribution in [3.05, 3.63) is 66.8 Å². The lowest BCUT2D eigenvalue weighted by Gasteiger charge is -2.43. The Labute approximate surface area is 180 Å². The second-order valence-electron chi connectivity index (χ2n) is 8.75. The van der Waals surface area contributed by atoms with Gasteiger partial charge in [0, 0.05) is 0 Å². The summed E-state index contributed by atoms with van der Waals surface area (Å²) in [7, 11) is 0. The summed E-state index contributed by atoms with van der Waals surface area (Å²) in [4.78, 5) is 0. The Morgan fingerprint density at radius 2 is 0.484 bits per heavy atom.